The van der Waals surface area contributed by atoms with E-state index < -0.39 is 0 Å². The SMILES string of the molecule is C=CCN1CC2C(C)C(C1)N2C(c1ccc(C(=O)N2CCCC2)cc1)c1cccc(OC)c1. The summed E-state index contributed by atoms with van der Waals surface area (Å²) in [7, 11) is 1.72. The van der Waals surface area contributed by atoms with Crippen molar-refractivity contribution >= 4 is 5.91 Å². The highest BCUT2D eigenvalue weighted by molar-refractivity contribution is 5.94. The van der Waals surface area contributed by atoms with Crippen molar-refractivity contribution in [2.45, 2.75) is 37.9 Å². The minimum atomic E-state index is 0.146. The van der Waals surface area contributed by atoms with Crippen LogP contribution in [0, 0.1) is 5.92 Å². The summed E-state index contributed by atoms with van der Waals surface area (Å²) in [5.74, 6) is 1.71. The van der Waals surface area contributed by atoms with Crippen molar-refractivity contribution in [3.63, 3.8) is 0 Å². The molecule has 1 amide bonds. The zero-order chi connectivity index (χ0) is 22.9. The number of hydrogen-bond donors (Lipinski definition) is 0. The number of carbonyl (C=O) groups excluding carboxylic acids is 1. The van der Waals surface area contributed by atoms with Crippen LogP contribution in [0.4, 0.5) is 0 Å². The summed E-state index contributed by atoms with van der Waals surface area (Å²) in [6.07, 6.45) is 4.23. The Morgan fingerprint density at radius 2 is 1.79 bits per heavy atom. The zero-order valence-corrected chi connectivity index (χ0v) is 19.8. The molecule has 0 N–H and O–H groups in total. The molecule has 0 spiro atoms. The molecule has 5 heteroatoms. The van der Waals surface area contributed by atoms with Crippen LogP contribution in [-0.4, -0.2) is 72.5 Å². The molecule has 5 nitrogen and oxygen atoms in total. The molecule has 0 aromatic heterocycles. The number of rotatable bonds is 7. The summed E-state index contributed by atoms with van der Waals surface area (Å²) in [6.45, 7) is 11.2. The van der Waals surface area contributed by atoms with E-state index in [0.29, 0.717) is 18.0 Å². The first-order valence-corrected chi connectivity index (χ1v) is 12.2. The number of methoxy groups -OCH3 is 1. The van der Waals surface area contributed by atoms with E-state index >= 15 is 0 Å². The molecule has 4 fully saturated rings. The van der Waals surface area contributed by atoms with Gasteiger partial charge in [-0.15, -0.1) is 6.58 Å². The number of piperazine rings is 1. The molecule has 0 saturated carbocycles. The largest absolute Gasteiger partial charge is 0.497 e. The third kappa shape index (κ3) is 4.09. The number of fused-ring (bicyclic) bond motifs is 2. The maximum absolute atomic E-state index is 12.9. The predicted molar refractivity (Wildman–Crippen MR) is 132 cm³/mol. The minimum Gasteiger partial charge on any atom is -0.497 e. The maximum atomic E-state index is 12.9. The molecule has 3 unspecified atom stereocenters. The van der Waals surface area contributed by atoms with Crippen molar-refractivity contribution < 1.29 is 9.53 Å². The van der Waals surface area contributed by atoms with E-state index in [4.69, 9.17) is 4.74 Å². The summed E-state index contributed by atoms with van der Waals surface area (Å²) in [5, 5.41) is 0. The van der Waals surface area contributed by atoms with Crippen molar-refractivity contribution in [3.8, 4) is 5.75 Å². The van der Waals surface area contributed by atoms with Gasteiger partial charge in [-0.3, -0.25) is 14.6 Å². The van der Waals surface area contributed by atoms with Gasteiger partial charge in [0.15, 0.2) is 0 Å². The second kappa shape index (κ2) is 9.32. The fraction of sp³-hybridized carbons (Fsp3) is 0.464. The number of carbonyl (C=O) groups is 1. The van der Waals surface area contributed by atoms with Crippen LogP contribution >= 0.6 is 0 Å². The Kier molecular flexibility index (Phi) is 6.26. The first-order valence-electron chi connectivity index (χ1n) is 12.2. The van der Waals surface area contributed by atoms with Gasteiger partial charge in [0.05, 0.1) is 13.2 Å². The van der Waals surface area contributed by atoms with Gasteiger partial charge in [0.25, 0.3) is 5.91 Å². The zero-order valence-electron chi connectivity index (χ0n) is 19.8. The topological polar surface area (TPSA) is 36.0 Å². The number of nitrogens with zero attached hydrogens (tertiary/aromatic N) is 3. The van der Waals surface area contributed by atoms with Gasteiger partial charge in [-0.2, -0.15) is 0 Å². The van der Waals surface area contributed by atoms with Crippen molar-refractivity contribution in [2.24, 2.45) is 5.92 Å². The number of benzene rings is 2. The lowest BCUT2D eigenvalue weighted by molar-refractivity contribution is -0.133. The van der Waals surface area contributed by atoms with Crippen molar-refractivity contribution in [3.05, 3.63) is 77.9 Å². The average molecular weight is 446 g/mol. The van der Waals surface area contributed by atoms with Crippen LogP contribution < -0.4 is 4.74 Å². The molecular weight excluding hydrogens is 410 g/mol. The second-order valence-corrected chi connectivity index (χ2v) is 9.75. The van der Waals surface area contributed by atoms with Crippen LogP contribution in [0.2, 0.25) is 0 Å². The van der Waals surface area contributed by atoms with Gasteiger partial charge < -0.3 is 9.64 Å². The Labute approximate surface area is 197 Å². The van der Waals surface area contributed by atoms with E-state index in [-0.39, 0.29) is 11.9 Å². The first kappa shape index (κ1) is 22.2. The third-order valence-corrected chi connectivity index (χ3v) is 7.83. The Morgan fingerprint density at radius 3 is 2.42 bits per heavy atom. The van der Waals surface area contributed by atoms with Gasteiger partial charge in [-0.25, -0.2) is 0 Å². The molecule has 0 aliphatic carbocycles. The molecule has 174 valence electrons. The maximum Gasteiger partial charge on any atom is 0.253 e. The second-order valence-electron chi connectivity index (χ2n) is 9.75. The van der Waals surface area contributed by atoms with E-state index in [0.717, 1.165) is 56.9 Å². The summed E-state index contributed by atoms with van der Waals surface area (Å²) in [6, 6.07) is 18.0. The Balaban J connectivity index is 1.46. The Bertz CT molecular complexity index is 984. The van der Waals surface area contributed by atoms with E-state index in [1.807, 2.05) is 29.2 Å². The standard InChI is InChI=1S/C28H35N3O2/c1-4-14-29-18-25-20(2)26(19-29)31(25)27(23-8-7-9-24(17-23)33-3)21-10-12-22(13-11-21)28(32)30-15-5-6-16-30/h4,7-13,17,20,25-27H,1,5-6,14-16,18-19H2,2-3H3. The molecule has 2 bridgehead atoms. The van der Waals surface area contributed by atoms with E-state index in [9.17, 15) is 4.79 Å². The molecule has 3 atom stereocenters. The highest BCUT2D eigenvalue weighted by atomic mass is 16.5. The summed E-state index contributed by atoms with van der Waals surface area (Å²) in [5.41, 5.74) is 3.27. The first-order chi connectivity index (χ1) is 16.1. The van der Waals surface area contributed by atoms with Crippen LogP contribution in [0.3, 0.4) is 0 Å². The number of amides is 1. The monoisotopic (exact) mass is 445 g/mol. The molecule has 33 heavy (non-hydrogen) atoms. The average Bonchev–Trinajstić information content (AvgIpc) is 3.40. The fourth-order valence-corrected chi connectivity index (χ4v) is 6.04. The van der Waals surface area contributed by atoms with Crippen molar-refractivity contribution in [2.75, 3.05) is 39.8 Å². The number of likely N-dealkylation sites (tertiary alicyclic amines) is 1. The van der Waals surface area contributed by atoms with Crippen LogP contribution in [0.5, 0.6) is 5.75 Å². The van der Waals surface area contributed by atoms with Crippen LogP contribution in [-0.2, 0) is 0 Å². The third-order valence-electron chi connectivity index (χ3n) is 7.83. The van der Waals surface area contributed by atoms with Crippen molar-refractivity contribution in [1.29, 1.82) is 0 Å². The van der Waals surface area contributed by atoms with Crippen LogP contribution in [0.25, 0.3) is 0 Å². The Hall–Kier alpha value is -2.63. The Morgan fingerprint density at radius 1 is 1.09 bits per heavy atom. The molecule has 4 heterocycles. The smallest absolute Gasteiger partial charge is 0.253 e. The molecule has 4 aliphatic rings. The van der Waals surface area contributed by atoms with E-state index in [2.05, 4.69) is 53.6 Å². The van der Waals surface area contributed by atoms with Gasteiger partial charge in [-0.05, 0) is 54.2 Å². The van der Waals surface area contributed by atoms with Crippen LogP contribution in [0.15, 0.2) is 61.2 Å². The van der Waals surface area contributed by atoms with Gasteiger partial charge in [0.2, 0.25) is 0 Å². The van der Waals surface area contributed by atoms with Crippen molar-refractivity contribution in [1.82, 2.24) is 14.7 Å². The highest BCUT2D eigenvalue weighted by Gasteiger charge is 2.53. The molecule has 2 aromatic carbocycles. The van der Waals surface area contributed by atoms with Crippen LogP contribution in [0.1, 0.15) is 47.3 Å². The minimum absolute atomic E-state index is 0.146. The fourth-order valence-electron chi connectivity index (χ4n) is 6.04. The summed E-state index contributed by atoms with van der Waals surface area (Å²) < 4.78 is 5.56. The molecular formula is C28H35N3O2. The molecule has 6 rings (SSSR count). The molecule has 2 aromatic rings. The molecule has 4 aliphatic heterocycles. The van der Waals surface area contributed by atoms with Gasteiger partial charge in [-0.1, -0.05) is 37.3 Å². The number of piperidine rings is 1. The number of hydrogen-bond acceptors (Lipinski definition) is 4. The lowest BCUT2D eigenvalue weighted by atomic mass is 9.74. The quantitative estimate of drug-likeness (QED) is 0.598. The van der Waals surface area contributed by atoms with Gasteiger partial charge in [0.1, 0.15) is 5.75 Å². The molecule has 4 saturated heterocycles. The summed E-state index contributed by atoms with van der Waals surface area (Å²) >= 11 is 0. The normalized spacial score (nSPS) is 26.0. The van der Waals surface area contributed by atoms with E-state index in [1.165, 1.54) is 11.1 Å². The lowest BCUT2D eigenvalue weighted by Gasteiger charge is -2.63. The lowest BCUT2D eigenvalue weighted by Crippen LogP contribution is -2.74. The highest BCUT2D eigenvalue weighted by Crippen LogP contribution is 2.46. The predicted octanol–water partition coefficient (Wildman–Crippen LogP) is 4.21. The molecule has 0 radical (unpaired) electrons. The van der Waals surface area contributed by atoms with Gasteiger partial charge in [0, 0.05) is 50.4 Å². The summed E-state index contributed by atoms with van der Waals surface area (Å²) in [4.78, 5) is 20.0. The van der Waals surface area contributed by atoms with E-state index in [1.54, 1.807) is 7.11 Å². The van der Waals surface area contributed by atoms with Gasteiger partial charge >= 0.3 is 0 Å². The number of ether oxygens (including phenoxy) is 1.